The minimum atomic E-state index is 0.0543. The summed E-state index contributed by atoms with van der Waals surface area (Å²) in [4.78, 5) is 17.0. The number of carbonyl (C=O) groups is 1. The molecule has 2 saturated heterocycles. The first-order valence-corrected chi connectivity index (χ1v) is 7.95. The van der Waals surface area contributed by atoms with E-state index in [1.165, 1.54) is 32.1 Å². The molecule has 0 aromatic rings. The van der Waals surface area contributed by atoms with E-state index in [1.54, 1.807) is 0 Å². The molecular weight excluding hydrogens is 238 g/mol. The summed E-state index contributed by atoms with van der Waals surface area (Å²) in [7, 11) is 0. The fraction of sp³-hybridized carbons (Fsp3) is 0.933. The van der Waals surface area contributed by atoms with E-state index in [0.717, 1.165) is 39.1 Å². The lowest BCUT2D eigenvalue weighted by Crippen LogP contribution is -2.51. The number of hydrogen-bond donors (Lipinski definition) is 1. The fourth-order valence-electron chi connectivity index (χ4n) is 3.46. The number of hydrogen-bond acceptors (Lipinski definition) is 3. The third-order valence-electron chi connectivity index (χ3n) is 4.70. The highest BCUT2D eigenvalue weighted by molar-refractivity contribution is 5.81. The molecule has 2 N–H and O–H groups in total. The van der Waals surface area contributed by atoms with Crippen molar-refractivity contribution < 1.29 is 4.79 Å². The van der Waals surface area contributed by atoms with E-state index in [1.807, 2.05) is 0 Å². The summed E-state index contributed by atoms with van der Waals surface area (Å²) in [6, 6.07) is 0.0543. The van der Waals surface area contributed by atoms with Crippen molar-refractivity contribution in [1.82, 2.24) is 9.80 Å². The molecule has 2 heterocycles. The van der Waals surface area contributed by atoms with Crippen molar-refractivity contribution in [2.45, 2.75) is 51.5 Å². The van der Waals surface area contributed by atoms with Gasteiger partial charge in [0, 0.05) is 19.6 Å². The zero-order valence-corrected chi connectivity index (χ0v) is 12.3. The molecule has 4 nitrogen and oxygen atoms in total. The van der Waals surface area contributed by atoms with Crippen LogP contribution in [0.4, 0.5) is 0 Å². The molecule has 0 aromatic carbocycles. The Morgan fingerprint density at radius 1 is 1.21 bits per heavy atom. The number of amides is 1. The van der Waals surface area contributed by atoms with Crippen LogP contribution in [0.25, 0.3) is 0 Å². The van der Waals surface area contributed by atoms with Crippen LogP contribution in [0, 0.1) is 5.92 Å². The van der Waals surface area contributed by atoms with Crippen LogP contribution in [0.3, 0.4) is 0 Å². The third-order valence-corrected chi connectivity index (χ3v) is 4.70. The van der Waals surface area contributed by atoms with Crippen molar-refractivity contribution >= 4 is 5.91 Å². The Kier molecular flexibility index (Phi) is 5.64. The van der Waals surface area contributed by atoms with Crippen LogP contribution in [0.5, 0.6) is 0 Å². The molecule has 0 aliphatic carbocycles. The predicted octanol–water partition coefficient (Wildman–Crippen LogP) is 1.45. The number of nitrogens with zero attached hydrogens (tertiary/aromatic N) is 2. The van der Waals surface area contributed by atoms with Gasteiger partial charge < -0.3 is 10.6 Å². The van der Waals surface area contributed by atoms with Gasteiger partial charge in [0.15, 0.2) is 0 Å². The zero-order chi connectivity index (χ0) is 13.7. The minimum Gasteiger partial charge on any atom is -0.341 e. The van der Waals surface area contributed by atoms with Gasteiger partial charge in [-0.1, -0.05) is 0 Å². The Morgan fingerprint density at radius 2 is 1.95 bits per heavy atom. The summed E-state index contributed by atoms with van der Waals surface area (Å²) in [5, 5.41) is 0. The van der Waals surface area contributed by atoms with Crippen molar-refractivity contribution in [1.29, 1.82) is 0 Å². The first-order chi connectivity index (χ1) is 9.22. The average Bonchev–Trinajstić information content (AvgIpc) is 2.47. The third kappa shape index (κ3) is 3.93. The minimum absolute atomic E-state index is 0.0543. The molecule has 2 fully saturated rings. The van der Waals surface area contributed by atoms with Gasteiger partial charge in [0.2, 0.25) is 5.91 Å². The molecule has 2 rings (SSSR count). The van der Waals surface area contributed by atoms with Gasteiger partial charge in [-0.2, -0.15) is 0 Å². The molecule has 19 heavy (non-hydrogen) atoms. The predicted molar refractivity (Wildman–Crippen MR) is 77.9 cm³/mol. The van der Waals surface area contributed by atoms with Gasteiger partial charge in [-0.15, -0.1) is 0 Å². The topological polar surface area (TPSA) is 49.6 Å². The Labute approximate surface area is 117 Å². The highest BCUT2D eigenvalue weighted by atomic mass is 16.2. The number of carbonyl (C=O) groups excluding carboxylic acids is 1. The van der Waals surface area contributed by atoms with E-state index in [4.69, 9.17) is 5.73 Å². The highest BCUT2D eigenvalue weighted by Crippen LogP contribution is 2.22. The SMILES string of the molecule is CC(C(=O)N1CCCCC1)N1CCCC(CCN)C1. The van der Waals surface area contributed by atoms with E-state index < -0.39 is 0 Å². The Balaban J connectivity index is 1.86. The number of piperidine rings is 2. The maximum Gasteiger partial charge on any atom is 0.239 e. The lowest BCUT2D eigenvalue weighted by Gasteiger charge is -2.38. The van der Waals surface area contributed by atoms with Crippen LogP contribution in [0.2, 0.25) is 0 Å². The van der Waals surface area contributed by atoms with Crippen molar-refractivity contribution in [3.63, 3.8) is 0 Å². The van der Waals surface area contributed by atoms with Crippen LogP contribution in [-0.2, 0) is 4.79 Å². The van der Waals surface area contributed by atoms with E-state index in [-0.39, 0.29) is 6.04 Å². The van der Waals surface area contributed by atoms with Crippen LogP contribution < -0.4 is 5.73 Å². The highest BCUT2D eigenvalue weighted by Gasteiger charge is 2.30. The lowest BCUT2D eigenvalue weighted by atomic mass is 9.93. The molecule has 2 aliphatic rings. The maximum absolute atomic E-state index is 12.5. The monoisotopic (exact) mass is 267 g/mol. The van der Waals surface area contributed by atoms with Crippen LogP contribution in [0.15, 0.2) is 0 Å². The van der Waals surface area contributed by atoms with E-state index >= 15 is 0 Å². The normalized spacial score (nSPS) is 27.3. The molecule has 2 unspecified atom stereocenters. The second kappa shape index (κ2) is 7.25. The van der Waals surface area contributed by atoms with E-state index in [0.29, 0.717) is 11.8 Å². The molecule has 1 amide bonds. The summed E-state index contributed by atoms with van der Waals surface area (Å²) in [6.07, 6.45) is 7.21. The smallest absolute Gasteiger partial charge is 0.239 e. The van der Waals surface area contributed by atoms with Crippen molar-refractivity contribution in [3.8, 4) is 0 Å². The number of likely N-dealkylation sites (tertiary alicyclic amines) is 2. The molecule has 0 radical (unpaired) electrons. The van der Waals surface area contributed by atoms with Crippen molar-refractivity contribution in [2.24, 2.45) is 11.7 Å². The fourth-order valence-corrected chi connectivity index (χ4v) is 3.46. The van der Waals surface area contributed by atoms with Crippen LogP contribution in [-0.4, -0.2) is 54.5 Å². The van der Waals surface area contributed by atoms with Gasteiger partial charge in [-0.05, 0) is 64.5 Å². The molecule has 2 aliphatic heterocycles. The second-order valence-electron chi connectivity index (χ2n) is 6.14. The zero-order valence-electron chi connectivity index (χ0n) is 12.3. The van der Waals surface area contributed by atoms with Crippen molar-refractivity contribution in [2.75, 3.05) is 32.7 Å². The van der Waals surface area contributed by atoms with Gasteiger partial charge in [0.1, 0.15) is 0 Å². The van der Waals surface area contributed by atoms with Crippen LogP contribution in [0.1, 0.15) is 45.4 Å². The molecule has 0 spiro atoms. The molecular formula is C15H29N3O. The summed E-state index contributed by atoms with van der Waals surface area (Å²) in [5.41, 5.74) is 5.66. The summed E-state index contributed by atoms with van der Waals surface area (Å²) >= 11 is 0. The average molecular weight is 267 g/mol. The number of rotatable bonds is 4. The first kappa shape index (κ1) is 14.8. The van der Waals surface area contributed by atoms with Crippen LogP contribution >= 0.6 is 0 Å². The summed E-state index contributed by atoms with van der Waals surface area (Å²) in [6.45, 7) is 6.90. The lowest BCUT2D eigenvalue weighted by molar-refractivity contribution is -0.138. The standard InChI is InChI=1S/C15H29N3O/c1-13(15(19)17-9-3-2-4-10-17)18-11-5-6-14(12-18)7-8-16/h13-14H,2-12,16H2,1H3. The van der Waals surface area contributed by atoms with Gasteiger partial charge in [-0.3, -0.25) is 9.69 Å². The maximum atomic E-state index is 12.5. The van der Waals surface area contributed by atoms with Gasteiger partial charge in [0.05, 0.1) is 6.04 Å². The second-order valence-corrected chi connectivity index (χ2v) is 6.14. The van der Waals surface area contributed by atoms with E-state index in [9.17, 15) is 4.79 Å². The van der Waals surface area contributed by atoms with Gasteiger partial charge in [-0.25, -0.2) is 0 Å². The summed E-state index contributed by atoms with van der Waals surface area (Å²) in [5.74, 6) is 1.03. The molecule has 4 heteroatoms. The molecule has 110 valence electrons. The molecule has 0 bridgehead atoms. The Bertz CT molecular complexity index is 287. The Hall–Kier alpha value is -0.610. The molecule has 2 atom stereocenters. The quantitative estimate of drug-likeness (QED) is 0.838. The molecule has 0 saturated carbocycles. The van der Waals surface area contributed by atoms with E-state index in [2.05, 4.69) is 16.7 Å². The first-order valence-electron chi connectivity index (χ1n) is 7.95. The summed E-state index contributed by atoms with van der Waals surface area (Å²) < 4.78 is 0. The van der Waals surface area contributed by atoms with Gasteiger partial charge >= 0.3 is 0 Å². The Morgan fingerprint density at radius 3 is 2.63 bits per heavy atom. The largest absolute Gasteiger partial charge is 0.341 e. The number of nitrogens with two attached hydrogens (primary N) is 1. The molecule has 0 aromatic heterocycles. The van der Waals surface area contributed by atoms with Gasteiger partial charge in [0.25, 0.3) is 0 Å². The van der Waals surface area contributed by atoms with Crippen molar-refractivity contribution in [3.05, 3.63) is 0 Å².